The van der Waals surface area contributed by atoms with Gasteiger partial charge in [0.25, 0.3) is 5.91 Å². The lowest BCUT2D eigenvalue weighted by molar-refractivity contribution is 0.103. The van der Waals surface area contributed by atoms with Crippen molar-refractivity contribution in [2.45, 2.75) is 30.3 Å². The van der Waals surface area contributed by atoms with Crippen molar-refractivity contribution < 1.29 is 4.79 Å². The number of anilines is 1. The predicted octanol–water partition coefficient (Wildman–Crippen LogP) is 4.15. The Bertz CT molecular complexity index is 852. The second-order valence-corrected chi connectivity index (χ2v) is 7.65. The molecule has 0 fully saturated rings. The van der Waals surface area contributed by atoms with Gasteiger partial charge in [0.05, 0.1) is 4.88 Å². The fraction of sp³-hybridized carbons (Fsp3) is 0.235. The van der Waals surface area contributed by atoms with E-state index in [1.165, 1.54) is 33.5 Å². The number of nitrogens with one attached hydrogen (secondary N) is 1. The maximum Gasteiger partial charge on any atom is 0.265 e. The Balaban J connectivity index is 1.67. The van der Waals surface area contributed by atoms with Gasteiger partial charge in [0.2, 0.25) is 0 Å². The van der Waals surface area contributed by atoms with Gasteiger partial charge >= 0.3 is 0 Å². The van der Waals surface area contributed by atoms with Gasteiger partial charge in [-0.25, -0.2) is 0 Å². The number of amides is 1. The summed E-state index contributed by atoms with van der Waals surface area (Å²) in [6.07, 6.45) is 2.62. The molecule has 1 N–H and O–H groups in total. The van der Waals surface area contributed by atoms with E-state index in [-0.39, 0.29) is 5.91 Å². The van der Waals surface area contributed by atoms with E-state index in [9.17, 15) is 4.79 Å². The molecule has 1 aromatic carbocycles. The lowest BCUT2D eigenvalue weighted by atomic mass is 10.2. The molecule has 3 aromatic rings. The first-order chi connectivity index (χ1) is 11.6. The van der Waals surface area contributed by atoms with Crippen molar-refractivity contribution in [2.24, 2.45) is 7.05 Å². The first-order valence-electron chi connectivity index (χ1n) is 7.59. The van der Waals surface area contributed by atoms with Crippen LogP contribution in [0.15, 0.2) is 46.7 Å². The van der Waals surface area contributed by atoms with Crippen LogP contribution in [0.2, 0.25) is 0 Å². The number of hydrogen-bond acceptors (Lipinski definition) is 5. The number of aromatic nitrogens is 3. The number of carbonyl (C=O) groups is 1. The Labute approximate surface area is 149 Å². The summed E-state index contributed by atoms with van der Waals surface area (Å²) in [4.78, 5) is 15.4. The third-order valence-corrected chi connectivity index (χ3v) is 5.77. The molecule has 0 saturated carbocycles. The highest BCUT2D eigenvalue weighted by atomic mass is 32.2. The predicted molar refractivity (Wildman–Crippen MR) is 98.0 cm³/mol. The van der Waals surface area contributed by atoms with E-state index in [4.69, 9.17) is 0 Å². The first kappa shape index (κ1) is 16.7. The molecule has 124 valence electrons. The summed E-state index contributed by atoms with van der Waals surface area (Å²) in [6, 6.07) is 9.71. The van der Waals surface area contributed by atoms with Gasteiger partial charge in [0.1, 0.15) is 6.33 Å². The molecular formula is C17H18N4OS2. The molecule has 0 aliphatic heterocycles. The molecule has 0 aliphatic rings. The van der Waals surface area contributed by atoms with Crippen LogP contribution >= 0.6 is 23.1 Å². The minimum atomic E-state index is -0.0588. The number of aryl methyl sites for hydroxylation is 3. The van der Waals surface area contributed by atoms with Crippen molar-refractivity contribution in [3.63, 3.8) is 0 Å². The zero-order chi connectivity index (χ0) is 17.1. The molecule has 5 nitrogen and oxygen atoms in total. The smallest absolute Gasteiger partial charge is 0.265 e. The van der Waals surface area contributed by atoms with Crippen LogP contribution < -0.4 is 5.32 Å². The van der Waals surface area contributed by atoms with E-state index in [0.29, 0.717) is 0 Å². The Morgan fingerprint density at radius 3 is 2.67 bits per heavy atom. The van der Waals surface area contributed by atoms with Crippen LogP contribution in [0, 0.1) is 6.92 Å². The average Bonchev–Trinajstić information content (AvgIpc) is 3.15. The maximum atomic E-state index is 12.4. The Morgan fingerprint density at radius 2 is 2.08 bits per heavy atom. The van der Waals surface area contributed by atoms with Crippen LogP contribution in [0.4, 0.5) is 5.69 Å². The second kappa shape index (κ2) is 7.19. The van der Waals surface area contributed by atoms with Crippen LogP contribution in [0.3, 0.4) is 0 Å². The van der Waals surface area contributed by atoms with E-state index >= 15 is 0 Å². The topological polar surface area (TPSA) is 59.8 Å². The van der Waals surface area contributed by atoms with Gasteiger partial charge in [-0.1, -0.05) is 6.92 Å². The molecule has 0 saturated heterocycles. The quantitative estimate of drug-likeness (QED) is 0.744. The number of hydrogen-bond donors (Lipinski definition) is 1. The molecule has 1 amide bonds. The van der Waals surface area contributed by atoms with E-state index in [1.54, 1.807) is 6.33 Å². The molecule has 2 aromatic heterocycles. The molecule has 0 unspecified atom stereocenters. The van der Waals surface area contributed by atoms with Gasteiger partial charge in [0, 0.05) is 22.5 Å². The average molecular weight is 358 g/mol. The zero-order valence-electron chi connectivity index (χ0n) is 13.7. The maximum absolute atomic E-state index is 12.4. The van der Waals surface area contributed by atoms with E-state index in [2.05, 4.69) is 29.4 Å². The Morgan fingerprint density at radius 1 is 1.33 bits per heavy atom. The minimum Gasteiger partial charge on any atom is -0.321 e. The molecule has 2 heterocycles. The molecule has 0 spiro atoms. The monoisotopic (exact) mass is 358 g/mol. The molecule has 0 aliphatic carbocycles. The van der Waals surface area contributed by atoms with E-state index in [1.807, 2.05) is 41.9 Å². The number of carbonyl (C=O) groups excluding carboxylic acids is 1. The van der Waals surface area contributed by atoms with Crippen molar-refractivity contribution in [1.82, 2.24) is 14.8 Å². The standard InChI is InChI=1S/C17H18N4OS2/c1-4-12-9-15(23-11(12)2)16(22)19-13-5-7-14(8-6-13)24-17-20-18-10-21(17)3/h5-10H,4H2,1-3H3,(H,19,22). The molecule has 7 heteroatoms. The van der Waals surface area contributed by atoms with Crippen molar-refractivity contribution >= 4 is 34.7 Å². The van der Waals surface area contributed by atoms with Crippen LogP contribution in [0.5, 0.6) is 0 Å². The highest BCUT2D eigenvalue weighted by molar-refractivity contribution is 7.99. The third kappa shape index (κ3) is 3.68. The number of rotatable bonds is 5. The summed E-state index contributed by atoms with van der Waals surface area (Å²) in [5.41, 5.74) is 2.02. The van der Waals surface area contributed by atoms with E-state index < -0.39 is 0 Å². The highest BCUT2D eigenvalue weighted by Crippen LogP contribution is 2.27. The summed E-state index contributed by atoms with van der Waals surface area (Å²) < 4.78 is 1.87. The molecule has 24 heavy (non-hydrogen) atoms. The van der Waals surface area contributed by atoms with E-state index in [0.717, 1.165) is 27.0 Å². The minimum absolute atomic E-state index is 0.0588. The van der Waals surface area contributed by atoms with Crippen LogP contribution in [-0.2, 0) is 13.5 Å². The number of nitrogens with zero attached hydrogens (tertiary/aromatic N) is 3. The SMILES string of the molecule is CCc1cc(C(=O)Nc2ccc(Sc3nncn3C)cc2)sc1C. The molecule has 0 bridgehead atoms. The van der Waals surface area contributed by atoms with Crippen LogP contribution in [0.1, 0.15) is 27.0 Å². The van der Waals surface area contributed by atoms with Gasteiger partial charge in [0.15, 0.2) is 5.16 Å². The molecular weight excluding hydrogens is 340 g/mol. The van der Waals surface area contributed by atoms with Crippen molar-refractivity contribution in [3.05, 3.63) is 52.0 Å². The summed E-state index contributed by atoms with van der Waals surface area (Å²) in [5, 5.41) is 11.7. The summed E-state index contributed by atoms with van der Waals surface area (Å²) >= 11 is 3.07. The third-order valence-electron chi connectivity index (χ3n) is 3.62. The van der Waals surface area contributed by atoms with Gasteiger partial charge in [-0.3, -0.25) is 4.79 Å². The van der Waals surface area contributed by atoms with Crippen molar-refractivity contribution in [1.29, 1.82) is 0 Å². The van der Waals surface area contributed by atoms with Gasteiger partial charge in [-0.15, -0.1) is 21.5 Å². The Hall–Kier alpha value is -2.12. The van der Waals surface area contributed by atoms with Gasteiger partial charge < -0.3 is 9.88 Å². The summed E-state index contributed by atoms with van der Waals surface area (Å²) in [7, 11) is 1.91. The van der Waals surface area contributed by atoms with Crippen molar-refractivity contribution in [2.75, 3.05) is 5.32 Å². The fourth-order valence-electron chi connectivity index (χ4n) is 2.25. The zero-order valence-corrected chi connectivity index (χ0v) is 15.4. The first-order valence-corrected chi connectivity index (χ1v) is 9.22. The number of benzene rings is 1. The highest BCUT2D eigenvalue weighted by Gasteiger charge is 2.12. The van der Waals surface area contributed by atoms with Crippen molar-refractivity contribution in [3.8, 4) is 0 Å². The lowest BCUT2D eigenvalue weighted by Gasteiger charge is -2.05. The summed E-state index contributed by atoms with van der Waals surface area (Å²) in [6.45, 7) is 4.16. The molecule has 0 atom stereocenters. The largest absolute Gasteiger partial charge is 0.321 e. The Kier molecular flexibility index (Phi) is 5.01. The number of thiophene rings is 1. The van der Waals surface area contributed by atoms with Crippen LogP contribution in [0.25, 0.3) is 0 Å². The molecule has 3 rings (SSSR count). The fourth-order valence-corrected chi connectivity index (χ4v) is 4.02. The van der Waals surface area contributed by atoms with Gasteiger partial charge in [-0.2, -0.15) is 0 Å². The molecule has 0 radical (unpaired) electrons. The van der Waals surface area contributed by atoms with Gasteiger partial charge in [-0.05, 0) is 61.0 Å². The van der Waals surface area contributed by atoms with Crippen LogP contribution in [-0.4, -0.2) is 20.7 Å². The lowest BCUT2D eigenvalue weighted by Crippen LogP contribution is -2.09. The second-order valence-electron chi connectivity index (χ2n) is 5.35. The normalized spacial score (nSPS) is 10.8. The summed E-state index contributed by atoms with van der Waals surface area (Å²) in [5.74, 6) is -0.0588.